The molecule has 1 aliphatic rings. The third kappa shape index (κ3) is 5.84. The number of ether oxygens (including phenoxy) is 2. The van der Waals surface area contributed by atoms with Crippen LogP contribution in [0.4, 0.5) is 5.13 Å². The lowest BCUT2D eigenvalue weighted by atomic mass is 9.97. The van der Waals surface area contributed by atoms with Gasteiger partial charge in [-0.1, -0.05) is 17.4 Å². The molecule has 3 heterocycles. The zero-order valence-corrected chi connectivity index (χ0v) is 20.0. The summed E-state index contributed by atoms with van der Waals surface area (Å²) in [6, 6.07) is 9.90. The molecule has 1 aliphatic heterocycles. The first-order valence-corrected chi connectivity index (χ1v) is 12.4. The zero-order valence-electron chi connectivity index (χ0n) is 19.2. The smallest absolute Gasteiger partial charge is 0.224 e. The van der Waals surface area contributed by atoms with Crippen molar-refractivity contribution in [3.05, 3.63) is 48.3 Å². The molecular formula is C24H31N5O3S. The summed E-state index contributed by atoms with van der Waals surface area (Å²) in [7, 11) is 0. The van der Waals surface area contributed by atoms with E-state index in [1.807, 2.05) is 61.1 Å². The highest BCUT2D eigenvalue weighted by molar-refractivity contribution is 7.17. The molecule has 2 aromatic heterocycles. The number of rotatable bonds is 10. The second-order valence-corrected chi connectivity index (χ2v) is 8.87. The maximum Gasteiger partial charge on any atom is 0.224 e. The fraction of sp³-hybridized carbons (Fsp3) is 0.458. The van der Waals surface area contributed by atoms with Crippen LogP contribution < -0.4 is 19.7 Å². The maximum absolute atomic E-state index is 12.8. The molecule has 33 heavy (non-hydrogen) atoms. The Morgan fingerprint density at radius 3 is 2.67 bits per heavy atom. The van der Waals surface area contributed by atoms with Gasteiger partial charge in [0, 0.05) is 32.0 Å². The van der Waals surface area contributed by atoms with E-state index in [2.05, 4.69) is 20.4 Å². The average molecular weight is 470 g/mol. The topological polar surface area (TPSA) is 81.5 Å². The number of nitrogens with zero attached hydrogens (tertiary/aromatic N) is 4. The third-order valence-electron chi connectivity index (χ3n) is 5.61. The van der Waals surface area contributed by atoms with Crippen LogP contribution in [0.1, 0.15) is 32.3 Å². The van der Waals surface area contributed by atoms with Crippen LogP contribution in [0.5, 0.6) is 11.5 Å². The zero-order chi connectivity index (χ0) is 23.0. The highest BCUT2D eigenvalue weighted by Crippen LogP contribution is 2.29. The van der Waals surface area contributed by atoms with Crippen molar-refractivity contribution >= 4 is 22.4 Å². The summed E-state index contributed by atoms with van der Waals surface area (Å²) in [6.07, 6.45) is 6.51. The molecule has 0 bridgehead atoms. The van der Waals surface area contributed by atoms with Crippen molar-refractivity contribution < 1.29 is 14.3 Å². The monoisotopic (exact) mass is 469 g/mol. The standard InChI is InChI=1S/C24H31N5O3S/c1-3-31-20-10-9-18(16-21(20)32-4-2)11-12-25-22(30)19-8-7-15-29(17-19)24-27-26-23(33-24)28-13-5-6-14-28/h5-6,9-10,13-14,16,19H,3-4,7-8,11-12,15,17H2,1-2H3,(H,25,30)/t19-/m1/s1. The van der Waals surface area contributed by atoms with Crippen molar-refractivity contribution in [2.24, 2.45) is 5.92 Å². The molecule has 1 atom stereocenters. The number of carbonyl (C=O) groups is 1. The Kier molecular flexibility index (Phi) is 7.83. The van der Waals surface area contributed by atoms with Crippen LogP contribution in [-0.4, -0.2) is 53.5 Å². The second kappa shape index (κ2) is 11.2. The second-order valence-electron chi connectivity index (χ2n) is 7.93. The average Bonchev–Trinajstić information content (AvgIpc) is 3.53. The molecule has 3 aromatic rings. The van der Waals surface area contributed by atoms with E-state index in [0.29, 0.717) is 26.3 Å². The Morgan fingerprint density at radius 1 is 1.12 bits per heavy atom. The lowest BCUT2D eigenvalue weighted by molar-refractivity contribution is -0.125. The number of benzene rings is 1. The van der Waals surface area contributed by atoms with Gasteiger partial charge in [0.2, 0.25) is 16.2 Å². The number of hydrogen-bond donors (Lipinski definition) is 1. The van der Waals surface area contributed by atoms with Gasteiger partial charge < -0.3 is 19.7 Å². The van der Waals surface area contributed by atoms with Crippen LogP contribution in [0.25, 0.3) is 5.13 Å². The minimum atomic E-state index is -0.0444. The number of anilines is 1. The van der Waals surface area contributed by atoms with Gasteiger partial charge in [0.05, 0.1) is 19.1 Å². The Hall–Kier alpha value is -3.07. The first-order valence-electron chi connectivity index (χ1n) is 11.6. The molecule has 0 radical (unpaired) electrons. The van der Waals surface area contributed by atoms with Gasteiger partial charge in [0.1, 0.15) is 0 Å². The normalized spacial score (nSPS) is 15.9. The molecule has 4 rings (SSSR count). The van der Waals surface area contributed by atoms with Crippen LogP contribution >= 0.6 is 11.3 Å². The number of aromatic nitrogens is 3. The van der Waals surface area contributed by atoms with Crippen molar-refractivity contribution in [1.82, 2.24) is 20.1 Å². The number of nitrogens with one attached hydrogen (secondary N) is 1. The molecule has 1 N–H and O–H groups in total. The van der Waals surface area contributed by atoms with Gasteiger partial charge in [-0.15, -0.1) is 10.2 Å². The highest BCUT2D eigenvalue weighted by atomic mass is 32.1. The van der Waals surface area contributed by atoms with E-state index < -0.39 is 0 Å². The summed E-state index contributed by atoms with van der Waals surface area (Å²) in [4.78, 5) is 15.0. The lowest BCUT2D eigenvalue weighted by Crippen LogP contribution is -2.43. The molecular weight excluding hydrogens is 438 g/mol. The predicted molar refractivity (Wildman–Crippen MR) is 130 cm³/mol. The van der Waals surface area contributed by atoms with E-state index in [0.717, 1.165) is 53.1 Å². The van der Waals surface area contributed by atoms with E-state index in [-0.39, 0.29) is 11.8 Å². The van der Waals surface area contributed by atoms with Gasteiger partial charge in [-0.25, -0.2) is 0 Å². The maximum atomic E-state index is 12.8. The summed E-state index contributed by atoms with van der Waals surface area (Å²) in [5, 5.41) is 13.5. The summed E-state index contributed by atoms with van der Waals surface area (Å²) in [6.45, 7) is 7.25. The molecule has 9 heteroatoms. The van der Waals surface area contributed by atoms with E-state index in [1.54, 1.807) is 11.3 Å². The molecule has 0 spiro atoms. The molecule has 1 amide bonds. The number of piperidine rings is 1. The van der Waals surface area contributed by atoms with Crippen LogP contribution in [0.2, 0.25) is 0 Å². The minimum Gasteiger partial charge on any atom is -0.490 e. The fourth-order valence-electron chi connectivity index (χ4n) is 3.99. The van der Waals surface area contributed by atoms with Crippen molar-refractivity contribution in [2.75, 3.05) is 37.7 Å². The first kappa shape index (κ1) is 23.1. The number of hydrogen-bond acceptors (Lipinski definition) is 7. The molecule has 0 saturated carbocycles. The van der Waals surface area contributed by atoms with Gasteiger partial charge >= 0.3 is 0 Å². The largest absolute Gasteiger partial charge is 0.490 e. The van der Waals surface area contributed by atoms with Gasteiger partial charge in [-0.2, -0.15) is 0 Å². The molecule has 0 aliphatic carbocycles. The Morgan fingerprint density at radius 2 is 1.88 bits per heavy atom. The fourth-order valence-corrected chi connectivity index (χ4v) is 4.84. The Bertz CT molecular complexity index is 1040. The minimum absolute atomic E-state index is 0.0444. The lowest BCUT2D eigenvalue weighted by Gasteiger charge is -2.31. The molecule has 0 unspecified atom stereocenters. The molecule has 176 valence electrons. The molecule has 1 saturated heterocycles. The van der Waals surface area contributed by atoms with Crippen molar-refractivity contribution in [3.63, 3.8) is 0 Å². The molecule has 8 nitrogen and oxygen atoms in total. The quantitative estimate of drug-likeness (QED) is 0.488. The van der Waals surface area contributed by atoms with Crippen molar-refractivity contribution in [3.8, 4) is 16.6 Å². The van der Waals surface area contributed by atoms with Crippen LogP contribution in [0.15, 0.2) is 42.7 Å². The Balaban J connectivity index is 1.29. The summed E-state index contributed by atoms with van der Waals surface area (Å²) in [5.74, 6) is 1.57. The third-order valence-corrected chi connectivity index (χ3v) is 6.61. The summed E-state index contributed by atoms with van der Waals surface area (Å²) < 4.78 is 13.3. The van der Waals surface area contributed by atoms with Gasteiger partial charge in [-0.3, -0.25) is 9.36 Å². The van der Waals surface area contributed by atoms with Crippen molar-refractivity contribution in [1.29, 1.82) is 0 Å². The number of carbonyl (C=O) groups excluding carboxylic acids is 1. The molecule has 1 fully saturated rings. The van der Waals surface area contributed by atoms with Gasteiger partial charge in [0.25, 0.3) is 0 Å². The summed E-state index contributed by atoms with van der Waals surface area (Å²) >= 11 is 1.55. The van der Waals surface area contributed by atoms with Gasteiger partial charge in [-0.05, 0) is 62.9 Å². The summed E-state index contributed by atoms with van der Waals surface area (Å²) in [5.41, 5.74) is 1.11. The Labute approximate surface area is 198 Å². The van der Waals surface area contributed by atoms with Crippen LogP contribution in [-0.2, 0) is 11.2 Å². The van der Waals surface area contributed by atoms with E-state index in [4.69, 9.17) is 9.47 Å². The van der Waals surface area contributed by atoms with E-state index in [9.17, 15) is 4.79 Å². The van der Waals surface area contributed by atoms with E-state index in [1.165, 1.54) is 0 Å². The van der Waals surface area contributed by atoms with E-state index >= 15 is 0 Å². The number of amides is 1. The van der Waals surface area contributed by atoms with Crippen LogP contribution in [0.3, 0.4) is 0 Å². The SMILES string of the molecule is CCOc1ccc(CCNC(=O)[C@@H]2CCCN(c3nnc(-n4cccc4)s3)C2)cc1OCC. The molecule has 1 aromatic carbocycles. The van der Waals surface area contributed by atoms with Crippen LogP contribution in [0, 0.1) is 5.92 Å². The van der Waals surface area contributed by atoms with Crippen molar-refractivity contribution in [2.45, 2.75) is 33.1 Å². The predicted octanol–water partition coefficient (Wildman–Crippen LogP) is 3.70. The highest BCUT2D eigenvalue weighted by Gasteiger charge is 2.27. The van der Waals surface area contributed by atoms with Gasteiger partial charge in [0.15, 0.2) is 11.5 Å². The first-order chi connectivity index (χ1) is 16.2.